The molecule has 2 aromatic heterocycles. The summed E-state index contributed by atoms with van der Waals surface area (Å²) in [7, 11) is 0. The summed E-state index contributed by atoms with van der Waals surface area (Å²) in [5.41, 5.74) is -4.46. The molecule has 1 saturated heterocycles. The molecule has 0 aliphatic carbocycles. The average Bonchev–Trinajstić information content (AvgIpc) is 3.07. The van der Waals surface area contributed by atoms with Crippen molar-refractivity contribution in [3.05, 3.63) is 39.9 Å². The second-order valence-corrected chi connectivity index (χ2v) is 9.20. The number of nitrogens with one attached hydrogen (secondary N) is 2. The summed E-state index contributed by atoms with van der Waals surface area (Å²) in [5, 5.41) is 17.0. The Balaban J connectivity index is 1.28. The van der Waals surface area contributed by atoms with Gasteiger partial charge in [-0.2, -0.15) is 31.4 Å². The Labute approximate surface area is 223 Å². The fourth-order valence-corrected chi connectivity index (χ4v) is 4.52. The maximum atomic E-state index is 13.2. The second kappa shape index (κ2) is 11.9. The summed E-state index contributed by atoms with van der Waals surface area (Å²) in [4.78, 5) is 31.8. The molecule has 0 aromatic carbocycles. The van der Waals surface area contributed by atoms with Gasteiger partial charge in [0, 0.05) is 32.3 Å². The highest BCUT2D eigenvalue weighted by molar-refractivity contribution is 5.76. The third-order valence-corrected chi connectivity index (χ3v) is 6.48. The van der Waals surface area contributed by atoms with Gasteiger partial charge in [0.05, 0.1) is 62.4 Å². The van der Waals surface area contributed by atoms with Crippen molar-refractivity contribution in [1.29, 1.82) is 0 Å². The summed E-state index contributed by atoms with van der Waals surface area (Å²) in [5.74, 6) is 0.0747. The Bertz CT molecular complexity index is 1260. The van der Waals surface area contributed by atoms with Crippen LogP contribution in [0.4, 0.5) is 37.8 Å². The molecule has 2 aromatic rings. The Hall–Kier alpha value is -3.60. The smallest absolute Gasteiger partial charge is 0.423 e. The van der Waals surface area contributed by atoms with Crippen molar-refractivity contribution in [2.24, 2.45) is 0 Å². The van der Waals surface area contributed by atoms with Gasteiger partial charge in [0.15, 0.2) is 11.6 Å². The van der Waals surface area contributed by atoms with Crippen molar-refractivity contribution in [3.63, 3.8) is 0 Å². The van der Waals surface area contributed by atoms with E-state index in [4.69, 9.17) is 9.47 Å². The van der Waals surface area contributed by atoms with Crippen LogP contribution in [0.3, 0.4) is 0 Å². The number of halogens is 6. The number of aromatic amines is 1. The molecule has 1 amide bonds. The van der Waals surface area contributed by atoms with Gasteiger partial charge in [0.2, 0.25) is 5.91 Å². The first-order chi connectivity index (χ1) is 18.9. The van der Waals surface area contributed by atoms with Crippen LogP contribution in [0.25, 0.3) is 0 Å². The minimum atomic E-state index is -4.95. The van der Waals surface area contributed by atoms with Gasteiger partial charge >= 0.3 is 12.4 Å². The lowest BCUT2D eigenvalue weighted by atomic mass is 10.1. The molecule has 1 unspecified atom stereocenters. The van der Waals surface area contributed by atoms with Crippen LogP contribution in [0.15, 0.2) is 23.3 Å². The van der Waals surface area contributed by atoms with Gasteiger partial charge < -0.3 is 29.7 Å². The number of pyridine rings is 1. The summed E-state index contributed by atoms with van der Waals surface area (Å²) in [6.45, 7) is 0.0864. The van der Waals surface area contributed by atoms with Crippen molar-refractivity contribution in [2.75, 3.05) is 56.3 Å². The fraction of sp³-hybridized carbons (Fsp3) is 0.565. The third kappa shape index (κ3) is 6.75. The largest absolute Gasteiger partial charge is 0.490 e. The number of ether oxygens (including phenoxy) is 2. The molecule has 0 radical (unpaired) electrons. The van der Waals surface area contributed by atoms with Crippen LogP contribution < -0.4 is 20.5 Å². The summed E-state index contributed by atoms with van der Waals surface area (Å²) < 4.78 is 89.7. The minimum Gasteiger partial charge on any atom is -0.490 e. The van der Waals surface area contributed by atoms with Gasteiger partial charge in [0.25, 0.3) is 5.56 Å². The van der Waals surface area contributed by atoms with Crippen LogP contribution in [0.2, 0.25) is 0 Å². The first kappa shape index (κ1) is 29.4. The topological polar surface area (TPSA) is 133 Å². The molecule has 220 valence electrons. The van der Waals surface area contributed by atoms with Gasteiger partial charge in [-0.05, 0) is 6.07 Å². The van der Waals surface area contributed by atoms with Gasteiger partial charge in [-0.3, -0.25) is 9.59 Å². The van der Waals surface area contributed by atoms with Crippen LogP contribution in [0.1, 0.15) is 24.0 Å². The minimum absolute atomic E-state index is 0.0378. The lowest BCUT2D eigenvalue weighted by Gasteiger charge is -2.41. The lowest BCUT2D eigenvalue weighted by molar-refractivity contribution is -0.138. The highest BCUT2D eigenvalue weighted by Gasteiger charge is 2.38. The number of amides is 1. The fourth-order valence-electron chi connectivity index (χ4n) is 4.52. The number of aliphatic hydroxyl groups excluding tert-OH is 1. The van der Waals surface area contributed by atoms with E-state index in [0.29, 0.717) is 19.5 Å². The molecular weight excluding hydrogens is 554 g/mol. The Kier molecular flexibility index (Phi) is 8.72. The number of nitrogens with zero attached hydrogens (tertiary/aromatic N) is 4. The van der Waals surface area contributed by atoms with E-state index in [-0.39, 0.29) is 56.3 Å². The zero-order valence-electron chi connectivity index (χ0n) is 20.9. The van der Waals surface area contributed by atoms with Crippen molar-refractivity contribution in [3.8, 4) is 5.75 Å². The molecule has 17 heteroatoms. The van der Waals surface area contributed by atoms with E-state index >= 15 is 0 Å². The molecule has 1 fully saturated rings. The zero-order chi connectivity index (χ0) is 29.1. The molecule has 40 heavy (non-hydrogen) atoms. The van der Waals surface area contributed by atoms with E-state index in [1.54, 1.807) is 10.00 Å². The standard InChI is InChI=1S/C23H26F6N6O5/c24-22(25,26)13-7-17-20(30-8-13)35-4-3-34(10-15(35)1-6-40-17)18(37)2-5-39-12-14(11-36)32-16-9-31-33-21(38)19(16)23(27,28)29/h7-9,14-15,36H,1-6,10-12H2,(H2,32,33,38)/t14-,15?/m0/s1. The normalized spacial score (nSPS) is 18.3. The zero-order valence-corrected chi connectivity index (χ0v) is 20.9. The first-order valence-electron chi connectivity index (χ1n) is 12.2. The van der Waals surface area contributed by atoms with Crippen LogP contribution in [-0.2, 0) is 21.9 Å². The Morgan fingerprint density at radius 3 is 2.70 bits per heavy atom. The predicted octanol–water partition coefficient (Wildman–Crippen LogP) is 1.88. The molecule has 0 bridgehead atoms. The molecule has 4 rings (SSSR count). The number of rotatable bonds is 8. The van der Waals surface area contributed by atoms with Crippen LogP contribution in [-0.4, -0.2) is 89.2 Å². The monoisotopic (exact) mass is 580 g/mol. The van der Waals surface area contributed by atoms with Gasteiger partial charge in [-0.1, -0.05) is 0 Å². The lowest BCUT2D eigenvalue weighted by Crippen LogP contribution is -2.55. The van der Waals surface area contributed by atoms with E-state index in [2.05, 4.69) is 15.4 Å². The number of carbonyl (C=O) groups is 1. The SMILES string of the molecule is O=C(CCOC[C@H](CO)Nc1cn[nH]c(=O)c1C(F)(F)F)N1CCN2c3ncc(C(F)(F)F)cc3OCCC2C1. The number of anilines is 2. The number of H-pyrrole nitrogens is 1. The number of hydrogen-bond donors (Lipinski definition) is 3. The van der Waals surface area contributed by atoms with Gasteiger partial charge in [-0.15, -0.1) is 0 Å². The molecule has 0 spiro atoms. The molecule has 2 aliphatic heterocycles. The molecule has 4 heterocycles. The van der Waals surface area contributed by atoms with Crippen molar-refractivity contribution >= 4 is 17.4 Å². The van der Waals surface area contributed by atoms with E-state index in [1.165, 1.54) is 0 Å². The quantitative estimate of drug-likeness (QED) is 0.316. The number of piperazine rings is 1. The van der Waals surface area contributed by atoms with E-state index in [9.17, 15) is 41.0 Å². The number of aliphatic hydroxyl groups is 1. The van der Waals surface area contributed by atoms with Crippen molar-refractivity contribution in [2.45, 2.75) is 37.3 Å². The maximum absolute atomic E-state index is 13.2. The molecule has 3 N–H and O–H groups in total. The second-order valence-electron chi connectivity index (χ2n) is 9.20. The summed E-state index contributed by atoms with van der Waals surface area (Å²) in [6, 6.07) is -0.318. The van der Waals surface area contributed by atoms with Crippen LogP contribution in [0.5, 0.6) is 5.75 Å². The third-order valence-electron chi connectivity index (χ3n) is 6.48. The average molecular weight is 580 g/mol. The highest BCUT2D eigenvalue weighted by atomic mass is 19.4. The maximum Gasteiger partial charge on any atom is 0.423 e. The first-order valence-corrected chi connectivity index (χ1v) is 12.2. The van der Waals surface area contributed by atoms with Crippen LogP contribution >= 0.6 is 0 Å². The van der Waals surface area contributed by atoms with Gasteiger partial charge in [-0.25, -0.2) is 10.1 Å². The van der Waals surface area contributed by atoms with Crippen molar-refractivity contribution < 1.29 is 45.7 Å². The Morgan fingerprint density at radius 2 is 2.00 bits per heavy atom. The number of aromatic nitrogens is 3. The van der Waals surface area contributed by atoms with Crippen LogP contribution in [0, 0.1) is 0 Å². The molecular formula is C23H26F6N6O5. The number of carbonyl (C=O) groups excluding carboxylic acids is 1. The molecule has 0 saturated carbocycles. The van der Waals surface area contributed by atoms with Crippen molar-refractivity contribution in [1.82, 2.24) is 20.1 Å². The predicted molar refractivity (Wildman–Crippen MR) is 127 cm³/mol. The Morgan fingerprint density at radius 1 is 1.23 bits per heavy atom. The highest BCUT2D eigenvalue weighted by Crippen LogP contribution is 2.38. The van der Waals surface area contributed by atoms with E-state index < -0.39 is 47.4 Å². The van der Waals surface area contributed by atoms with E-state index in [0.717, 1.165) is 18.5 Å². The number of fused-ring (bicyclic) bond motifs is 3. The number of alkyl halides is 6. The summed E-state index contributed by atoms with van der Waals surface area (Å²) in [6.07, 6.45) is -7.57. The number of hydrogen-bond acceptors (Lipinski definition) is 9. The molecule has 2 atom stereocenters. The van der Waals surface area contributed by atoms with Gasteiger partial charge in [0.1, 0.15) is 5.56 Å². The molecule has 2 aliphatic rings. The molecule has 11 nitrogen and oxygen atoms in total. The van der Waals surface area contributed by atoms with E-state index in [1.807, 2.05) is 4.90 Å². The summed E-state index contributed by atoms with van der Waals surface area (Å²) >= 11 is 0.